The zero-order valence-electron chi connectivity index (χ0n) is 21.2. The molecule has 0 bridgehead atoms. The summed E-state index contributed by atoms with van der Waals surface area (Å²) in [5.74, 6) is 0.446. The van der Waals surface area contributed by atoms with Crippen LogP contribution in [0.1, 0.15) is 48.5 Å². The standard InChI is InChI=1S/C25H33N5O5/c1-16(27-22(32)34-24(2,3)4)15-29(23(33)35-25(5,6)7)20-11-12-30-21(28-20)19(14-26-30)17-9-8-10-18(31)13-17/h8-14,16,31H,15H2,1-7H3,(H,27,32). The van der Waals surface area contributed by atoms with Gasteiger partial charge in [-0.25, -0.2) is 19.1 Å². The van der Waals surface area contributed by atoms with Crippen LogP contribution in [0.25, 0.3) is 16.8 Å². The number of anilines is 1. The molecule has 188 valence electrons. The molecule has 0 saturated carbocycles. The lowest BCUT2D eigenvalue weighted by molar-refractivity contribution is 0.0491. The number of alkyl carbamates (subject to hydrolysis) is 1. The van der Waals surface area contributed by atoms with E-state index in [1.165, 1.54) is 4.90 Å². The van der Waals surface area contributed by atoms with E-state index in [0.29, 0.717) is 17.0 Å². The first-order valence-corrected chi connectivity index (χ1v) is 11.4. The topological polar surface area (TPSA) is 118 Å². The van der Waals surface area contributed by atoms with Crippen molar-refractivity contribution in [1.29, 1.82) is 0 Å². The summed E-state index contributed by atoms with van der Waals surface area (Å²) in [5.41, 5.74) is 0.533. The predicted molar refractivity (Wildman–Crippen MR) is 132 cm³/mol. The van der Waals surface area contributed by atoms with Gasteiger partial charge in [0, 0.05) is 17.8 Å². The van der Waals surface area contributed by atoms with Crippen LogP contribution in [0.4, 0.5) is 15.4 Å². The smallest absolute Gasteiger partial charge is 0.416 e. The monoisotopic (exact) mass is 483 g/mol. The van der Waals surface area contributed by atoms with Crippen LogP contribution in [-0.2, 0) is 9.47 Å². The van der Waals surface area contributed by atoms with Crippen molar-refractivity contribution < 1.29 is 24.2 Å². The maximum Gasteiger partial charge on any atom is 0.416 e. The molecule has 0 spiro atoms. The maximum absolute atomic E-state index is 13.1. The molecule has 3 aromatic rings. The van der Waals surface area contributed by atoms with Crippen molar-refractivity contribution in [2.75, 3.05) is 11.4 Å². The average Bonchev–Trinajstić information content (AvgIpc) is 3.12. The third-order valence-electron chi connectivity index (χ3n) is 4.62. The Morgan fingerprint density at radius 2 is 1.80 bits per heavy atom. The fraction of sp³-hybridized carbons (Fsp3) is 0.440. The number of aromatic nitrogens is 3. The van der Waals surface area contributed by atoms with E-state index in [9.17, 15) is 14.7 Å². The highest BCUT2D eigenvalue weighted by Gasteiger charge is 2.28. The number of phenolic OH excluding ortho intramolecular Hbond substituents is 1. The highest BCUT2D eigenvalue weighted by molar-refractivity contribution is 5.88. The van der Waals surface area contributed by atoms with E-state index in [4.69, 9.17) is 9.47 Å². The van der Waals surface area contributed by atoms with E-state index in [2.05, 4.69) is 15.4 Å². The zero-order valence-corrected chi connectivity index (χ0v) is 21.2. The fourth-order valence-corrected chi connectivity index (χ4v) is 3.29. The van der Waals surface area contributed by atoms with Crippen LogP contribution < -0.4 is 10.2 Å². The molecule has 0 radical (unpaired) electrons. The average molecular weight is 484 g/mol. The number of aromatic hydroxyl groups is 1. The van der Waals surface area contributed by atoms with E-state index < -0.39 is 29.4 Å². The highest BCUT2D eigenvalue weighted by Crippen LogP contribution is 2.28. The van der Waals surface area contributed by atoms with Crippen LogP contribution in [-0.4, -0.2) is 55.7 Å². The van der Waals surface area contributed by atoms with E-state index in [-0.39, 0.29) is 12.3 Å². The quantitative estimate of drug-likeness (QED) is 0.537. The Kier molecular flexibility index (Phi) is 7.23. The highest BCUT2D eigenvalue weighted by atomic mass is 16.6. The number of rotatable bonds is 5. The summed E-state index contributed by atoms with van der Waals surface area (Å²) in [7, 11) is 0. The van der Waals surface area contributed by atoms with Gasteiger partial charge in [-0.15, -0.1) is 0 Å². The van der Waals surface area contributed by atoms with Crippen molar-refractivity contribution in [2.45, 2.75) is 65.7 Å². The first-order chi connectivity index (χ1) is 16.2. The molecule has 2 heterocycles. The Balaban J connectivity index is 1.94. The fourth-order valence-electron chi connectivity index (χ4n) is 3.29. The Bertz CT molecular complexity index is 1210. The largest absolute Gasteiger partial charge is 0.508 e. The third kappa shape index (κ3) is 7.08. The molecule has 0 saturated heterocycles. The number of hydrogen-bond donors (Lipinski definition) is 2. The molecule has 2 aromatic heterocycles. The maximum atomic E-state index is 13.1. The molecule has 0 fully saturated rings. The number of ether oxygens (including phenoxy) is 2. The third-order valence-corrected chi connectivity index (χ3v) is 4.62. The summed E-state index contributed by atoms with van der Waals surface area (Å²) in [4.78, 5) is 31.4. The summed E-state index contributed by atoms with van der Waals surface area (Å²) in [6.45, 7) is 12.5. The van der Waals surface area contributed by atoms with Crippen molar-refractivity contribution in [3.05, 3.63) is 42.7 Å². The van der Waals surface area contributed by atoms with E-state index >= 15 is 0 Å². The SMILES string of the molecule is CC(CN(C(=O)OC(C)(C)C)c1ccn2ncc(-c3cccc(O)c3)c2n1)NC(=O)OC(C)(C)C. The van der Waals surface area contributed by atoms with Crippen molar-refractivity contribution in [3.8, 4) is 16.9 Å². The Morgan fingerprint density at radius 1 is 1.11 bits per heavy atom. The predicted octanol–water partition coefficient (Wildman–Crippen LogP) is 4.76. The lowest BCUT2D eigenvalue weighted by Crippen LogP contribution is -2.47. The van der Waals surface area contributed by atoms with Gasteiger partial charge in [0.25, 0.3) is 0 Å². The summed E-state index contributed by atoms with van der Waals surface area (Å²) < 4.78 is 12.5. The van der Waals surface area contributed by atoms with Crippen LogP contribution in [0.2, 0.25) is 0 Å². The molecule has 35 heavy (non-hydrogen) atoms. The lowest BCUT2D eigenvalue weighted by atomic mass is 10.1. The minimum absolute atomic E-state index is 0.0902. The number of benzene rings is 1. The van der Waals surface area contributed by atoms with Crippen LogP contribution in [0.3, 0.4) is 0 Å². The van der Waals surface area contributed by atoms with Crippen molar-refractivity contribution >= 4 is 23.7 Å². The van der Waals surface area contributed by atoms with E-state index in [1.807, 2.05) is 6.07 Å². The van der Waals surface area contributed by atoms with Crippen LogP contribution in [0, 0.1) is 0 Å². The minimum Gasteiger partial charge on any atom is -0.508 e. The molecule has 10 nitrogen and oxygen atoms in total. The summed E-state index contributed by atoms with van der Waals surface area (Å²) in [6.07, 6.45) is 2.14. The van der Waals surface area contributed by atoms with Gasteiger partial charge in [0.1, 0.15) is 22.8 Å². The van der Waals surface area contributed by atoms with Gasteiger partial charge in [-0.05, 0) is 72.2 Å². The summed E-state index contributed by atoms with van der Waals surface area (Å²) in [5, 5.41) is 17.0. The number of carbonyl (C=O) groups is 2. The molecule has 10 heteroatoms. The van der Waals surface area contributed by atoms with Gasteiger partial charge in [-0.3, -0.25) is 4.90 Å². The van der Waals surface area contributed by atoms with Gasteiger partial charge in [0.2, 0.25) is 0 Å². The number of fused-ring (bicyclic) bond motifs is 1. The Hall–Kier alpha value is -3.82. The molecule has 2 N–H and O–H groups in total. The van der Waals surface area contributed by atoms with Crippen LogP contribution >= 0.6 is 0 Å². The second kappa shape index (κ2) is 9.81. The van der Waals surface area contributed by atoms with Crippen LogP contribution in [0.15, 0.2) is 42.7 Å². The number of nitrogens with one attached hydrogen (secondary N) is 1. The van der Waals surface area contributed by atoms with Crippen LogP contribution in [0.5, 0.6) is 5.75 Å². The number of hydrogen-bond acceptors (Lipinski definition) is 7. The molecule has 1 atom stereocenters. The molecular formula is C25H33N5O5. The summed E-state index contributed by atoms with van der Waals surface area (Å²) >= 11 is 0. The van der Waals surface area contributed by atoms with Gasteiger partial charge >= 0.3 is 12.2 Å². The van der Waals surface area contributed by atoms with Crippen molar-refractivity contribution in [1.82, 2.24) is 19.9 Å². The Labute approximate surface area is 204 Å². The van der Waals surface area contributed by atoms with Crippen molar-refractivity contribution in [2.24, 2.45) is 0 Å². The number of nitrogens with zero attached hydrogens (tertiary/aromatic N) is 4. The lowest BCUT2D eigenvalue weighted by Gasteiger charge is -2.29. The second-order valence-electron chi connectivity index (χ2n) is 10.3. The first kappa shape index (κ1) is 25.8. The minimum atomic E-state index is -0.732. The van der Waals surface area contributed by atoms with Gasteiger partial charge in [0.15, 0.2) is 5.65 Å². The van der Waals surface area contributed by atoms with E-state index in [0.717, 1.165) is 5.56 Å². The zero-order chi connectivity index (χ0) is 26.0. The normalized spacial score (nSPS) is 12.8. The summed E-state index contributed by atoms with van der Waals surface area (Å²) in [6, 6.07) is 7.95. The van der Waals surface area contributed by atoms with Gasteiger partial charge in [-0.2, -0.15) is 5.10 Å². The van der Waals surface area contributed by atoms with Gasteiger partial charge < -0.3 is 19.9 Å². The molecule has 0 aliphatic rings. The first-order valence-electron chi connectivity index (χ1n) is 11.4. The molecule has 1 unspecified atom stereocenters. The van der Waals surface area contributed by atoms with Crippen molar-refractivity contribution in [3.63, 3.8) is 0 Å². The molecule has 0 aliphatic carbocycles. The Morgan fingerprint density at radius 3 is 2.43 bits per heavy atom. The molecule has 2 amide bonds. The van der Waals surface area contributed by atoms with Gasteiger partial charge in [0.05, 0.1) is 12.7 Å². The van der Waals surface area contributed by atoms with E-state index in [1.54, 1.807) is 89.6 Å². The second-order valence-corrected chi connectivity index (χ2v) is 10.3. The molecule has 3 rings (SSSR count). The molecule has 1 aromatic carbocycles. The number of amides is 2. The van der Waals surface area contributed by atoms with Gasteiger partial charge in [-0.1, -0.05) is 12.1 Å². The number of carbonyl (C=O) groups excluding carboxylic acids is 2. The molecular weight excluding hydrogens is 450 g/mol. The number of phenols is 1. The molecule has 0 aliphatic heterocycles.